The lowest BCUT2D eigenvalue weighted by atomic mass is 9.94. The first kappa shape index (κ1) is 48.0. The summed E-state index contributed by atoms with van der Waals surface area (Å²) in [6.45, 7) is 2.54. The van der Waals surface area contributed by atoms with Gasteiger partial charge in [0.05, 0.1) is 24.0 Å². The second kappa shape index (κ2) is 22.5. The molecule has 65 heavy (non-hydrogen) atoms. The number of nitrogens with zero attached hydrogens (tertiary/aromatic N) is 2. The molecule has 3 aromatic carbocycles. The van der Waals surface area contributed by atoms with Crippen molar-refractivity contribution in [1.29, 1.82) is 0 Å². The fourth-order valence-electron chi connectivity index (χ4n) is 9.95. The molecule has 9 atom stereocenters. The third kappa shape index (κ3) is 12.9. The van der Waals surface area contributed by atoms with Crippen LogP contribution in [0.15, 0.2) is 84.9 Å². The highest BCUT2D eigenvalue weighted by Crippen LogP contribution is 2.43. The van der Waals surface area contributed by atoms with Crippen LogP contribution >= 0.6 is 0 Å². The summed E-state index contributed by atoms with van der Waals surface area (Å²) < 4.78 is 50.3. The number of urea groups is 1. The zero-order valence-electron chi connectivity index (χ0n) is 37.9. The Bertz CT molecular complexity index is 1950. The third-order valence-corrected chi connectivity index (χ3v) is 13.9. The Hall–Kier alpha value is -4.95. The number of ether oxygens (including phenoxy) is 1. The molecule has 4 aliphatic rings. The van der Waals surface area contributed by atoms with Gasteiger partial charge in [-0.3, -0.25) is 19.3 Å². The minimum absolute atomic E-state index is 0.00140. The third-order valence-electron chi connectivity index (χ3n) is 13.9. The van der Waals surface area contributed by atoms with Crippen molar-refractivity contribution < 1.29 is 37.1 Å². The number of carbonyl (C=O) groups excluding carboxylic acids is 4. The molecule has 3 aromatic rings. The molecule has 352 valence electrons. The van der Waals surface area contributed by atoms with Gasteiger partial charge in [0, 0.05) is 69.3 Å². The number of rotatable bonds is 22. The van der Waals surface area contributed by atoms with Gasteiger partial charge in [0.25, 0.3) is 5.91 Å². The molecule has 0 aromatic heterocycles. The van der Waals surface area contributed by atoms with E-state index in [-0.39, 0.29) is 73.0 Å². The molecule has 7 rings (SSSR count). The Labute approximate surface area is 382 Å². The highest BCUT2D eigenvalue weighted by atomic mass is 19.4. The van der Waals surface area contributed by atoms with Gasteiger partial charge in [-0.15, -0.1) is 0 Å². The number of likely N-dealkylation sites (tertiary alicyclic amines) is 2. The minimum Gasteiger partial charge on any atom is -0.378 e. The van der Waals surface area contributed by atoms with Crippen LogP contribution in [0.4, 0.5) is 18.0 Å². The van der Waals surface area contributed by atoms with E-state index in [9.17, 15) is 32.3 Å². The summed E-state index contributed by atoms with van der Waals surface area (Å²) in [6.07, 6.45) is 7.96. The maximum absolute atomic E-state index is 14.9. The molecule has 4 N–H and O–H groups in total. The molecule has 0 spiro atoms. The molecule has 2 saturated carbocycles. The maximum Gasteiger partial charge on any atom is 0.408 e. The van der Waals surface area contributed by atoms with E-state index in [1.165, 1.54) is 86.1 Å². The van der Waals surface area contributed by atoms with Gasteiger partial charge < -0.3 is 30.9 Å². The molecule has 5 amide bonds. The molecule has 11 nitrogen and oxygen atoms in total. The molecule has 2 aliphatic heterocycles. The molecule has 0 bridgehead atoms. The smallest absolute Gasteiger partial charge is 0.378 e. The van der Waals surface area contributed by atoms with Crippen LogP contribution in [0.3, 0.4) is 0 Å². The molecular weight excluding hydrogens is 834 g/mol. The molecule has 0 radical (unpaired) electrons. The molecule has 2 heterocycles. The van der Waals surface area contributed by atoms with Gasteiger partial charge in [0.2, 0.25) is 11.8 Å². The molecule has 4 fully saturated rings. The van der Waals surface area contributed by atoms with Gasteiger partial charge in [-0.25, -0.2) is 4.79 Å². The van der Waals surface area contributed by atoms with Crippen LogP contribution in [0.2, 0.25) is 0 Å². The van der Waals surface area contributed by atoms with Gasteiger partial charge in [-0.2, -0.15) is 13.2 Å². The molecule has 14 heteroatoms. The minimum atomic E-state index is -4.67. The topological polar surface area (TPSA) is 132 Å². The summed E-state index contributed by atoms with van der Waals surface area (Å²) in [6, 6.07) is 22.0. The first-order valence-electron chi connectivity index (χ1n) is 23.9. The maximum atomic E-state index is 14.9. The van der Waals surface area contributed by atoms with Crippen molar-refractivity contribution in [3.05, 3.63) is 107 Å². The Balaban J connectivity index is 0.944. The molecule has 0 unspecified atom stereocenters. The Morgan fingerprint density at radius 3 is 1.65 bits per heavy atom. The number of benzene rings is 3. The quantitative estimate of drug-likeness (QED) is 0.0752. The number of alkyl halides is 3. The van der Waals surface area contributed by atoms with Crippen LogP contribution in [-0.4, -0.2) is 104 Å². The summed E-state index contributed by atoms with van der Waals surface area (Å²) in [5.41, 5.74) is 2.36. The zero-order chi connectivity index (χ0) is 45.9. The monoisotopic (exact) mass is 901 g/mol. The summed E-state index contributed by atoms with van der Waals surface area (Å²) in [5, 5.41) is 12.0. The van der Waals surface area contributed by atoms with E-state index in [4.69, 9.17) is 4.74 Å². The van der Waals surface area contributed by atoms with E-state index in [1.54, 1.807) is 0 Å². The fraction of sp³-hybridized carbons (Fsp3) is 0.569. The van der Waals surface area contributed by atoms with Gasteiger partial charge in [-0.1, -0.05) is 138 Å². The summed E-state index contributed by atoms with van der Waals surface area (Å²) in [4.78, 5) is 57.4. The number of hydrogen-bond donors (Lipinski definition) is 4. The van der Waals surface area contributed by atoms with E-state index in [2.05, 4.69) is 28.2 Å². The van der Waals surface area contributed by atoms with E-state index < -0.39 is 48.1 Å². The van der Waals surface area contributed by atoms with E-state index in [0.717, 1.165) is 43.2 Å². The first-order chi connectivity index (χ1) is 31.4. The Kier molecular flexibility index (Phi) is 16.6. The molecule has 2 aliphatic carbocycles. The largest absolute Gasteiger partial charge is 0.408 e. The van der Waals surface area contributed by atoms with Crippen LogP contribution in [0.25, 0.3) is 0 Å². The lowest BCUT2D eigenvalue weighted by Crippen LogP contribution is -2.48. The van der Waals surface area contributed by atoms with Crippen LogP contribution in [0.5, 0.6) is 0 Å². The Morgan fingerprint density at radius 1 is 0.646 bits per heavy atom. The number of methoxy groups -OCH3 is 1. The highest BCUT2D eigenvalue weighted by Gasteiger charge is 2.51. The Morgan fingerprint density at radius 2 is 1.15 bits per heavy atom. The number of nitrogens with one attached hydrogen (secondary N) is 4. The predicted octanol–water partition coefficient (Wildman–Crippen LogP) is 8.24. The average molecular weight is 901 g/mol. The van der Waals surface area contributed by atoms with Crippen LogP contribution in [-0.2, 0) is 14.3 Å². The lowest BCUT2D eigenvalue weighted by molar-refractivity contribution is -0.184. The summed E-state index contributed by atoms with van der Waals surface area (Å²) in [7, 11) is 1.43. The van der Waals surface area contributed by atoms with Crippen LogP contribution in [0.1, 0.15) is 129 Å². The second-order valence-electron chi connectivity index (χ2n) is 18.6. The number of unbranched alkanes of at least 4 members (excludes halogenated alkanes) is 9. The molecule has 2 saturated heterocycles. The number of halogens is 3. The standard InChI is InChI=1S/C51H67F3N6O5/c1-3-4-5-6-7-8-9-10-11-18-27-55-50(64)58-44-32-59(33-45(44)65-2)46(51(52,53)54)36-23-25-37(26-24-36)49(63)60-30-40(47(61)56-42-28-38(42)34-19-14-12-15-20-34)41(31-60)48(62)57-43-29-39(43)35-21-16-13-17-22-35/h12-17,19-26,38-46H,3-11,18,27-33H2,1-2H3,(H,56,61)(H,57,62)(H2,55,58,64)/t38-,39-,40-,41-,42+,43+,44+,45+,46+/m1/s1. The van der Waals surface area contributed by atoms with Gasteiger partial charge in [-0.05, 0) is 48.1 Å². The second-order valence-corrected chi connectivity index (χ2v) is 18.6. The fourth-order valence-corrected chi connectivity index (χ4v) is 9.95. The van der Waals surface area contributed by atoms with Crippen LogP contribution in [0, 0.1) is 11.8 Å². The predicted molar refractivity (Wildman–Crippen MR) is 244 cm³/mol. The van der Waals surface area contributed by atoms with E-state index in [0.29, 0.717) is 6.54 Å². The van der Waals surface area contributed by atoms with Crippen molar-refractivity contribution in [1.82, 2.24) is 31.1 Å². The van der Waals surface area contributed by atoms with Crippen molar-refractivity contribution in [3.63, 3.8) is 0 Å². The van der Waals surface area contributed by atoms with Crippen LogP contribution < -0.4 is 21.3 Å². The average Bonchev–Trinajstić information content (AvgIpc) is 4.16. The summed E-state index contributed by atoms with van der Waals surface area (Å²) >= 11 is 0. The lowest BCUT2D eigenvalue weighted by Gasteiger charge is -2.30. The number of carbonyl (C=O) groups is 4. The number of amides is 5. The van der Waals surface area contributed by atoms with E-state index >= 15 is 0 Å². The SMILES string of the molecule is CCCCCCCCCCCCNC(=O)N[C@H]1CN([C@@H](c2ccc(C(=O)N3C[C@@H](C(=O)N[C@H]4C[C@@H]4c4ccccc4)[C@H](C(=O)N[C@H]4C[C@@H]4c4ccccc4)C3)cc2)C(F)(F)F)C[C@@H]1OC. The van der Waals surface area contributed by atoms with Gasteiger partial charge in [0.15, 0.2) is 0 Å². The summed E-state index contributed by atoms with van der Waals surface area (Å²) in [5.74, 6) is -2.30. The molecular formula is C51H67F3N6O5. The normalized spacial score (nSPS) is 25.5. The van der Waals surface area contributed by atoms with Crippen molar-refractivity contribution in [3.8, 4) is 0 Å². The van der Waals surface area contributed by atoms with Crippen molar-refractivity contribution in [2.24, 2.45) is 11.8 Å². The van der Waals surface area contributed by atoms with Crippen molar-refractivity contribution in [2.45, 2.75) is 132 Å². The van der Waals surface area contributed by atoms with Crippen molar-refractivity contribution >= 4 is 23.8 Å². The van der Waals surface area contributed by atoms with E-state index in [1.807, 2.05) is 60.7 Å². The van der Waals surface area contributed by atoms with Gasteiger partial charge >= 0.3 is 12.2 Å². The van der Waals surface area contributed by atoms with Crippen molar-refractivity contribution in [2.75, 3.05) is 39.8 Å². The highest BCUT2D eigenvalue weighted by molar-refractivity contribution is 5.97. The first-order valence-corrected chi connectivity index (χ1v) is 23.9. The van der Waals surface area contributed by atoms with Gasteiger partial charge in [0.1, 0.15) is 6.04 Å². The zero-order valence-corrected chi connectivity index (χ0v) is 37.9. The number of hydrogen-bond acceptors (Lipinski definition) is 6.